The first-order valence-corrected chi connectivity index (χ1v) is 8.00. The van der Waals surface area contributed by atoms with Crippen LogP contribution < -0.4 is 10.1 Å². The molecule has 0 aliphatic carbocycles. The van der Waals surface area contributed by atoms with Gasteiger partial charge in [0.05, 0.1) is 6.04 Å². The van der Waals surface area contributed by atoms with Crippen LogP contribution in [0.4, 0.5) is 0 Å². The number of ether oxygens (including phenoxy) is 1. The normalized spacial score (nSPS) is 11.8. The van der Waals surface area contributed by atoms with Crippen molar-refractivity contribution in [1.82, 2.24) is 5.32 Å². The van der Waals surface area contributed by atoms with E-state index in [1.165, 1.54) is 11.1 Å². The molecule has 2 aromatic carbocycles. The predicted octanol–water partition coefficient (Wildman–Crippen LogP) is 4.32. The number of carbonyl (C=O) groups is 1. The molecule has 0 aromatic heterocycles. The fourth-order valence-electron chi connectivity index (χ4n) is 2.35. The number of hydrogen-bond donors (Lipinski definition) is 1. The van der Waals surface area contributed by atoms with Crippen molar-refractivity contribution in [2.24, 2.45) is 0 Å². The van der Waals surface area contributed by atoms with E-state index in [0.29, 0.717) is 5.75 Å². The Hall–Kier alpha value is -1.81. The highest BCUT2D eigenvalue weighted by Gasteiger charge is 2.12. The lowest BCUT2D eigenvalue weighted by atomic mass is 10.0. The van der Waals surface area contributed by atoms with Crippen molar-refractivity contribution in [1.29, 1.82) is 0 Å². The second-order valence-corrected chi connectivity index (χ2v) is 6.31. The Morgan fingerprint density at radius 2 is 1.86 bits per heavy atom. The summed E-state index contributed by atoms with van der Waals surface area (Å²) in [5.41, 5.74) is 3.53. The van der Waals surface area contributed by atoms with E-state index in [-0.39, 0.29) is 18.6 Å². The predicted molar refractivity (Wildman–Crippen MR) is 92.1 cm³/mol. The minimum Gasteiger partial charge on any atom is -0.484 e. The number of amides is 1. The Labute approximate surface area is 139 Å². The summed E-state index contributed by atoms with van der Waals surface area (Å²) < 4.78 is 6.46. The highest BCUT2D eigenvalue weighted by Crippen LogP contribution is 2.19. The van der Waals surface area contributed by atoms with Crippen molar-refractivity contribution in [3.05, 3.63) is 63.6 Å². The van der Waals surface area contributed by atoms with Gasteiger partial charge in [-0.05, 0) is 56.2 Å². The molecule has 22 heavy (non-hydrogen) atoms. The molecule has 0 saturated heterocycles. The molecule has 1 amide bonds. The van der Waals surface area contributed by atoms with E-state index in [1.54, 1.807) is 0 Å². The molecule has 0 heterocycles. The van der Waals surface area contributed by atoms with Gasteiger partial charge in [0.25, 0.3) is 5.91 Å². The van der Waals surface area contributed by atoms with Crippen LogP contribution in [0.5, 0.6) is 5.75 Å². The minimum atomic E-state index is -0.129. The second kappa shape index (κ2) is 7.45. The van der Waals surface area contributed by atoms with Gasteiger partial charge in [-0.2, -0.15) is 0 Å². The third-order valence-corrected chi connectivity index (χ3v) is 3.98. The molecular weight excluding hydrogens is 342 g/mol. The summed E-state index contributed by atoms with van der Waals surface area (Å²) in [6, 6.07) is 13.6. The van der Waals surface area contributed by atoms with Crippen molar-refractivity contribution >= 4 is 21.8 Å². The fourth-order valence-corrected chi connectivity index (χ4v) is 2.62. The van der Waals surface area contributed by atoms with E-state index in [4.69, 9.17) is 4.74 Å². The summed E-state index contributed by atoms with van der Waals surface area (Å²) in [5.74, 6) is 0.549. The SMILES string of the molecule is Cc1ccc([C@@H](C)NC(=O)COc2ccc(Br)cc2)c(C)c1. The summed E-state index contributed by atoms with van der Waals surface area (Å²) in [7, 11) is 0. The molecule has 0 fully saturated rings. The number of benzene rings is 2. The Balaban J connectivity index is 1.89. The number of nitrogens with one attached hydrogen (secondary N) is 1. The summed E-state index contributed by atoms with van der Waals surface area (Å²) in [4.78, 5) is 12.0. The largest absolute Gasteiger partial charge is 0.484 e. The molecule has 0 spiro atoms. The lowest BCUT2D eigenvalue weighted by Crippen LogP contribution is -2.31. The molecule has 2 rings (SSSR count). The van der Waals surface area contributed by atoms with Gasteiger partial charge in [0.1, 0.15) is 5.75 Å². The number of halogens is 1. The first kappa shape index (κ1) is 16.6. The average molecular weight is 362 g/mol. The van der Waals surface area contributed by atoms with Crippen LogP contribution in [0.25, 0.3) is 0 Å². The standard InChI is InChI=1S/C18H20BrNO2/c1-12-4-9-17(13(2)10-12)14(3)20-18(21)11-22-16-7-5-15(19)6-8-16/h4-10,14H,11H2,1-3H3,(H,20,21)/t14-/m1/s1. The maximum absolute atomic E-state index is 12.0. The van der Waals surface area contributed by atoms with E-state index in [1.807, 2.05) is 31.2 Å². The topological polar surface area (TPSA) is 38.3 Å². The van der Waals surface area contributed by atoms with E-state index in [2.05, 4.69) is 53.3 Å². The first-order chi connectivity index (χ1) is 10.5. The number of aryl methyl sites for hydroxylation is 2. The molecule has 0 unspecified atom stereocenters. The molecule has 116 valence electrons. The zero-order valence-corrected chi connectivity index (χ0v) is 14.6. The monoisotopic (exact) mass is 361 g/mol. The van der Waals surface area contributed by atoms with Crippen molar-refractivity contribution in [2.45, 2.75) is 26.8 Å². The summed E-state index contributed by atoms with van der Waals surface area (Å²) in [6.45, 7) is 6.11. The molecule has 1 N–H and O–H groups in total. The Morgan fingerprint density at radius 1 is 1.18 bits per heavy atom. The maximum Gasteiger partial charge on any atom is 0.258 e. The average Bonchev–Trinajstić information content (AvgIpc) is 2.46. The number of carbonyl (C=O) groups excluding carboxylic acids is 1. The van der Waals surface area contributed by atoms with Crippen LogP contribution in [0, 0.1) is 13.8 Å². The van der Waals surface area contributed by atoms with Crippen molar-refractivity contribution < 1.29 is 9.53 Å². The number of rotatable bonds is 5. The first-order valence-electron chi connectivity index (χ1n) is 7.20. The van der Waals surface area contributed by atoms with Crippen molar-refractivity contribution in [3.8, 4) is 5.75 Å². The highest BCUT2D eigenvalue weighted by atomic mass is 79.9. The summed E-state index contributed by atoms with van der Waals surface area (Å²) >= 11 is 3.36. The highest BCUT2D eigenvalue weighted by molar-refractivity contribution is 9.10. The van der Waals surface area contributed by atoms with Crippen LogP contribution in [-0.4, -0.2) is 12.5 Å². The van der Waals surface area contributed by atoms with Crippen LogP contribution >= 0.6 is 15.9 Å². The summed E-state index contributed by atoms with van der Waals surface area (Å²) in [5, 5.41) is 2.96. The Morgan fingerprint density at radius 3 is 2.50 bits per heavy atom. The van der Waals surface area contributed by atoms with E-state index < -0.39 is 0 Å². The van der Waals surface area contributed by atoms with Crippen LogP contribution in [0.15, 0.2) is 46.9 Å². The van der Waals surface area contributed by atoms with Crippen LogP contribution in [0.1, 0.15) is 29.7 Å². The van der Waals surface area contributed by atoms with Gasteiger partial charge in [-0.1, -0.05) is 39.7 Å². The molecule has 0 saturated carbocycles. The Kier molecular flexibility index (Phi) is 5.61. The third kappa shape index (κ3) is 4.60. The second-order valence-electron chi connectivity index (χ2n) is 5.39. The van der Waals surface area contributed by atoms with Gasteiger partial charge in [-0.3, -0.25) is 4.79 Å². The smallest absolute Gasteiger partial charge is 0.258 e. The minimum absolute atomic E-state index is 0.0108. The van der Waals surface area contributed by atoms with Gasteiger partial charge in [-0.15, -0.1) is 0 Å². The van der Waals surface area contributed by atoms with Crippen LogP contribution in [-0.2, 0) is 4.79 Å². The van der Waals surface area contributed by atoms with Gasteiger partial charge in [0.15, 0.2) is 6.61 Å². The van der Waals surface area contributed by atoms with Gasteiger partial charge >= 0.3 is 0 Å². The zero-order valence-electron chi connectivity index (χ0n) is 13.0. The van der Waals surface area contributed by atoms with Gasteiger partial charge in [-0.25, -0.2) is 0 Å². The molecule has 0 radical (unpaired) electrons. The van der Waals surface area contributed by atoms with Crippen molar-refractivity contribution in [3.63, 3.8) is 0 Å². The zero-order chi connectivity index (χ0) is 16.1. The molecule has 1 atom stereocenters. The molecule has 2 aromatic rings. The van der Waals surface area contributed by atoms with Gasteiger partial charge < -0.3 is 10.1 Å². The third-order valence-electron chi connectivity index (χ3n) is 3.45. The molecule has 0 aliphatic rings. The van der Waals surface area contributed by atoms with Gasteiger partial charge in [0.2, 0.25) is 0 Å². The van der Waals surface area contributed by atoms with Crippen LogP contribution in [0.3, 0.4) is 0 Å². The summed E-state index contributed by atoms with van der Waals surface area (Å²) in [6.07, 6.45) is 0. The number of hydrogen-bond acceptors (Lipinski definition) is 2. The Bertz CT molecular complexity index is 653. The van der Waals surface area contributed by atoms with Gasteiger partial charge in [0, 0.05) is 4.47 Å². The molecule has 0 aliphatic heterocycles. The molecule has 3 nitrogen and oxygen atoms in total. The fraction of sp³-hybridized carbons (Fsp3) is 0.278. The molecular formula is C18H20BrNO2. The maximum atomic E-state index is 12.0. The molecule has 4 heteroatoms. The van der Waals surface area contributed by atoms with E-state index in [0.717, 1.165) is 10.0 Å². The van der Waals surface area contributed by atoms with Crippen molar-refractivity contribution in [2.75, 3.05) is 6.61 Å². The van der Waals surface area contributed by atoms with E-state index >= 15 is 0 Å². The quantitative estimate of drug-likeness (QED) is 0.860. The van der Waals surface area contributed by atoms with E-state index in [9.17, 15) is 4.79 Å². The lowest BCUT2D eigenvalue weighted by molar-refractivity contribution is -0.123. The van der Waals surface area contributed by atoms with Crippen LogP contribution in [0.2, 0.25) is 0 Å². The lowest BCUT2D eigenvalue weighted by Gasteiger charge is -2.17. The molecule has 0 bridgehead atoms.